The van der Waals surface area contributed by atoms with E-state index in [9.17, 15) is 0 Å². The van der Waals surface area contributed by atoms with E-state index in [2.05, 4.69) is 72.2 Å². The number of imidazole rings is 1. The Kier molecular flexibility index (Phi) is 4.40. The molecule has 3 heterocycles. The summed E-state index contributed by atoms with van der Waals surface area (Å²) in [5, 5.41) is 2.38. The van der Waals surface area contributed by atoms with Gasteiger partial charge in [0.25, 0.3) is 0 Å². The fraction of sp³-hybridized carbons (Fsp3) is 0.0625. The zero-order chi connectivity index (χ0) is 27.4. The van der Waals surface area contributed by atoms with E-state index >= 15 is 0 Å². The molecule has 0 aliphatic carbocycles. The molecule has 0 atom stereocenters. The van der Waals surface area contributed by atoms with Gasteiger partial charge in [-0.05, 0) is 73.2 Å². The number of aryl methyl sites for hydroxylation is 2. The number of aromatic nitrogens is 4. The molecule has 0 N–H and O–H groups in total. The van der Waals surface area contributed by atoms with Crippen LogP contribution in [0.15, 0.2) is 125 Å². The summed E-state index contributed by atoms with van der Waals surface area (Å²) in [5.74, 6) is 0.900. The summed E-state index contributed by atoms with van der Waals surface area (Å²) in [4.78, 5) is 6.87. The second kappa shape index (κ2) is 8.64. The van der Waals surface area contributed by atoms with Gasteiger partial charge in [-0.3, -0.25) is 4.57 Å². The first-order valence-corrected chi connectivity index (χ1v) is 13.0. The van der Waals surface area contributed by atoms with Gasteiger partial charge in [0.2, 0.25) is 6.33 Å². The van der Waals surface area contributed by atoms with E-state index in [4.69, 9.17) is 9.10 Å². The molecule has 5 heteroatoms. The molecule has 0 amide bonds. The highest BCUT2D eigenvalue weighted by atomic mass is 32.2. The van der Waals surface area contributed by atoms with E-state index < -0.39 is 6.98 Å². The molecule has 7 rings (SSSR count). The van der Waals surface area contributed by atoms with Crippen LogP contribution in [0.3, 0.4) is 0 Å². The lowest BCUT2D eigenvalue weighted by Crippen LogP contribution is -2.25. The molecule has 0 radical (unpaired) electrons. The third-order valence-corrected chi connectivity index (χ3v) is 7.72. The van der Waals surface area contributed by atoms with E-state index in [1.807, 2.05) is 53.2 Å². The lowest BCUT2D eigenvalue weighted by Gasteiger charge is -2.09. The second-order valence-corrected chi connectivity index (χ2v) is 10.3. The van der Waals surface area contributed by atoms with Crippen LogP contribution in [-0.4, -0.2) is 14.1 Å². The summed E-state index contributed by atoms with van der Waals surface area (Å²) in [5.41, 5.74) is 5.82. The third-order valence-electron chi connectivity index (χ3n) is 6.74. The summed E-state index contributed by atoms with van der Waals surface area (Å²) < 4.78 is 29.5. The largest absolute Gasteiger partial charge is 0.294 e. The molecular weight excluding hydrogens is 472 g/mol. The Labute approximate surface area is 223 Å². The van der Waals surface area contributed by atoms with Gasteiger partial charge in [0.15, 0.2) is 11.0 Å². The molecule has 4 nitrogen and oxygen atoms in total. The Morgan fingerprint density at radius 1 is 0.757 bits per heavy atom. The molecular formula is C32H25N4S+. The number of para-hydroxylation sites is 3. The van der Waals surface area contributed by atoms with E-state index in [0.29, 0.717) is 5.52 Å². The molecule has 3 aromatic heterocycles. The van der Waals surface area contributed by atoms with Crippen LogP contribution >= 0.6 is 11.8 Å². The maximum absolute atomic E-state index is 7.99. The minimum atomic E-state index is -2.27. The Balaban J connectivity index is 1.32. The van der Waals surface area contributed by atoms with Crippen LogP contribution in [0.4, 0.5) is 0 Å². The highest BCUT2D eigenvalue weighted by Gasteiger charge is 2.16. The van der Waals surface area contributed by atoms with E-state index in [1.54, 1.807) is 18.1 Å². The van der Waals surface area contributed by atoms with Crippen molar-refractivity contribution in [3.05, 3.63) is 121 Å². The molecule has 0 unspecified atom stereocenters. The number of fused-ring (bicyclic) bond motifs is 4. The monoisotopic (exact) mass is 500 g/mol. The smallest absolute Gasteiger partial charge is 0.249 e. The van der Waals surface area contributed by atoms with Gasteiger partial charge < -0.3 is 0 Å². The first kappa shape index (κ1) is 18.9. The SMILES string of the molecule is [2H]C([2H])([2H])[n+]1cn(-c2cccc(Sc3ccc4c5ccccc5n(-c5cc(C)ccn5)c4c3)c2)c2ccccc21. The highest BCUT2D eigenvalue weighted by molar-refractivity contribution is 7.99. The Bertz CT molecular complexity index is 2060. The van der Waals surface area contributed by atoms with Crippen LogP contribution in [0.2, 0.25) is 0 Å². The minimum absolute atomic E-state index is 0.670. The molecule has 0 saturated heterocycles. The van der Waals surface area contributed by atoms with Crippen LogP contribution in [0.5, 0.6) is 0 Å². The van der Waals surface area contributed by atoms with Crippen LogP contribution < -0.4 is 4.57 Å². The van der Waals surface area contributed by atoms with Gasteiger partial charge in [0, 0.05) is 26.8 Å². The normalized spacial score (nSPS) is 13.2. The zero-order valence-electron chi connectivity index (χ0n) is 23.2. The van der Waals surface area contributed by atoms with Gasteiger partial charge >= 0.3 is 0 Å². The Hall–Kier alpha value is -4.35. The fourth-order valence-corrected chi connectivity index (χ4v) is 5.96. The fourth-order valence-electron chi connectivity index (χ4n) is 5.05. The van der Waals surface area contributed by atoms with Crippen molar-refractivity contribution in [1.29, 1.82) is 0 Å². The molecule has 7 aromatic rings. The van der Waals surface area contributed by atoms with Crippen molar-refractivity contribution in [1.82, 2.24) is 14.1 Å². The van der Waals surface area contributed by atoms with Gasteiger partial charge in [0.05, 0.1) is 22.1 Å². The summed E-state index contributed by atoms with van der Waals surface area (Å²) in [6.07, 6.45) is 3.52. The summed E-state index contributed by atoms with van der Waals surface area (Å²) in [6.45, 7) is -0.182. The van der Waals surface area contributed by atoms with Crippen molar-refractivity contribution in [2.24, 2.45) is 6.98 Å². The molecule has 0 saturated carbocycles. The quantitative estimate of drug-likeness (QED) is 0.235. The van der Waals surface area contributed by atoms with E-state index in [1.165, 1.54) is 15.3 Å². The number of hydrogen-bond acceptors (Lipinski definition) is 2. The summed E-state index contributed by atoms with van der Waals surface area (Å²) in [6, 6.07) is 34.9. The lowest BCUT2D eigenvalue weighted by atomic mass is 10.2. The van der Waals surface area contributed by atoms with Crippen molar-refractivity contribution in [2.45, 2.75) is 16.7 Å². The van der Waals surface area contributed by atoms with E-state index in [0.717, 1.165) is 43.4 Å². The lowest BCUT2D eigenvalue weighted by molar-refractivity contribution is -0.645. The molecule has 0 fully saturated rings. The van der Waals surface area contributed by atoms with Crippen molar-refractivity contribution in [3.8, 4) is 11.5 Å². The van der Waals surface area contributed by atoms with Crippen LogP contribution in [0, 0.1) is 6.92 Å². The van der Waals surface area contributed by atoms with Crippen LogP contribution in [-0.2, 0) is 6.98 Å². The van der Waals surface area contributed by atoms with Crippen molar-refractivity contribution < 1.29 is 8.68 Å². The number of pyridine rings is 1. The first-order chi connectivity index (χ1) is 19.4. The zero-order valence-corrected chi connectivity index (χ0v) is 21.0. The Morgan fingerprint density at radius 3 is 2.46 bits per heavy atom. The van der Waals surface area contributed by atoms with Gasteiger partial charge in [-0.15, -0.1) is 0 Å². The van der Waals surface area contributed by atoms with Gasteiger partial charge in [0.1, 0.15) is 11.5 Å². The van der Waals surface area contributed by atoms with Crippen molar-refractivity contribution in [2.75, 3.05) is 0 Å². The molecule has 0 spiro atoms. The summed E-state index contributed by atoms with van der Waals surface area (Å²) in [7, 11) is 0. The average molecular weight is 501 g/mol. The highest BCUT2D eigenvalue weighted by Crippen LogP contribution is 2.36. The Morgan fingerprint density at radius 2 is 1.57 bits per heavy atom. The van der Waals surface area contributed by atoms with Crippen molar-refractivity contribution >= 4 is 44.6 Å². The standard InChI is InChI=1S/C32H25N4S/c1-22-16-17-33-32(18-22)36-28-11-4-3-10-26(28)27-15-14-25(20-31(27)36)37-24-9-7-8-23(19-24)35-21-34(2)29-12-5-6-13-30(29)35/h3-21H,1-2H3/q+1/i2D3. The van der Waals surface area contributed by atoms with E-state index in [-0.39, 0.29) is 0 Å². The number of rotatable bonds is 4. The predicted octanol–water partition coefficient (Wildman–Crippen LogP) is 7.41. The van der Waals surface area contributed by atoms with Crippen molar-refractivity contribution in [3.63, 3.8) is 0 Å². The van der Waals surface area contributed by atoms with Crippen LogP contribution in [0.1, 0.15) is 9.68 Å². The number of nitrogens with zero attached hydrogens (tertiary/aromatic N) is 4. The minimum Gasteiger partial charge on any atom is -0.294 e. The topological polar surface area (TPSA) is 26.6 Å². The summed E-state index contributed by atoms with van der Waals surface area (Å²) >= 11 is 1.68. The molecule has 178 valence electrons. The molecule has 37 heavy (non-hydrogen) atoms. The predicted molar refractivity (Wildman–Crippen MR) is 152 cm³/mol. The van der Waals surface area contributed by atoms with Crippen LogP contribution in [0.25, 0.3) is 44.3 Å². The maximum Gasteiger partial charge on any atom is 0.249 e. The molecule has 0 bridgehead atoms. The first-order valence-electron chi connectivity index (χ1n) is 13.6. The number of benzene rings is 4. The van der Waals surface area contributed by atoms with Gasteiger partial charge in [-0.2, -0.15) is 4.57 Å². The van der Waals surface area contributed by atoms with Gasteiger partial charge in [-0.1, -0.05) is 54.2 Å². The van der Waals surface area contributed by atoms with Gasteiger partial charge in [-0.25, -0.2) is 9.55 Å². The molecule has 0 aliphatic rings. The molecule has 0 aliphatic heterocycles. The molecule has 4 aromatic carbocycles. The number of hydrogen-bond donors (Lipinski definition) is 0. The average Bonchev–Trinajstić information content (AvgIpc) is 3.50. The maximum atomic E-state index is 7.99. The second-order valence-electron chi connectivity index (χ2n) is 9.17. The third kappa shape index (κ3) is 3.71.